The molecule has 0 heterocycles. The number of ether oxygens (including phenoxy) is 2. The molecule has 3 fully saturated rings. The van der Waals surface area contributed by atoms with E-state index in [4.69, 9.17) is 15.2 Å². The van der Waals surface area contributed by atoms with E-state index < -0.39 is 12.2 Å². The first-order chi connectivity index (χ1) is 19.0. The minimum Gasteiger partial charge on any atom is -0.455 e. The molecule has 7 unspecified atom stereocenters. The molecule has 6 nitrogen and oxygen atoms in total. The van der Waals surface area contributed by atoms with Gasteiger partial charge in [0.1, 0.15) is 12.2 Å². The first kappa shape index (κ1) is 27.7. The lowest BCUT2D eigenvalue weighted by Crippen LogP contribution is -2.45. The molecule has 39 heavy (non-hydrogen) atoms. The van der Waals surface area contributed by atoms with E-state index in [1.165, 1.54) is 19.3 Å². The van der Waals surface area contributed by atoms with E-state index in [2.05, 4.69) is 19.2 Å². The molecule has 3 N–H and O–H groups in total. The van der Waals surface area contributed by atoms with Crippen LogP contribution in [0.3, 0.4) is 0 Å². The van der Waals surface area contributed by atoms with Crippen LogP contribution in [-0.4, -0.2) is 30.7 Å². The van der Waals surface area contributed by atoms with Gasteiger partial charge in [0.25, 0.3) is 0 Å². The summed E-state index contributed by atoms with van der Waals surface area (Å²) in [5, 5.41) is 3.38. The maximum absolute atomic E-state index is 13.2. The van der Waals surface area contributed by atoms with Crippen LogP contribution in [0.25, 0.3) is 0 Å². The van der Waals surface area contributed by atoms with Gasteiger partial charge in [-0.1, -0.05) is 38.8 Å². The van der Waals surface area contributed by atoms with E-state index in [0.29, 0.717) is 34.8 Å². The molecule has 0 amide bonds. The van der Waals surface area contributed by atoms with Gasteiger partial charge >= 0.3 is 11.9 Å². The Kier molecular flexibility index (Phi) is 8.91. The second kappa shape index (κ2) is 12.5. The molecule has 0 saturated heterocycles. The minimum absolute atomic E-state index is 0.0295. The Morgan fingerprint density at radius 1 is 0.821 bits per heavy atom. The zero-order valence-corrected chi connectivity index (χ0v) is 23.4. The van der Waals surface area contributed by atoms with Gasteiger partial charge in [-0.2, -0.15) is 0 Å². The number of unbranched alkanes of at least 4 members (excludes halogenated alkanes) is 1. The highest BCUT2D eigenvalue weighted by Gasteiger charge is 2.53. The van der Waals surface area contributed by atoms with Crippen LogP contribution >= 0.6 is 0 Å². The van der Waals surface area contributed by atoms with Gasteiger partial charge in [0, 0.05) is 18.3 Å². The fraction of sp³-hybridized carbons (Fsp3) is 0.576. The maximum Gasteiger partial charge on any atom is 0.338 e. The number of carbonyl (C=O) groups is 2. The normalized spacial score (nSPS) is 28.0. The van der Waals surface area contributed by atoms with Crippen molar-refractivity contribution < 1.29 is 19.1 Å². The van der Waals surface area contributed by atoms with Gasteiger partial charge in [0.05, 0.1) is 11.1 Å². The topological polar surface area (TPSA) is 90.6 Å². The predicted octanol–water partition coefficient (Wildman–Crippen LogP) is 6.91. The summed E-state index contributed by atoms with van der Waals surface area (Å²) in [6, 6.07) is 14.9. The number of hydrogen-bond acceptors (Lipinski definition) is 6. The fourth-order valence-electron chi connectivity index (χ4n) is 7.24. The minimum atomic E-state index is -0.431. The Morgan fingerprint density at radius 3 is 1.87 bits per heavy atom. The summed E-state index contributed by atoms with van der Waals surface area (Å²) < 4.78 is 12.2. The van der Waals surface area contributed by atoms with Crippen molar-refractivity contribution in [2.45, 2.75) is 89.9 Å². The summed E-state index contributed by atoms with van der Waals surface area (Å²) in [5.41, 5.74) is 9.29. The average molecular weight is 533 g/mol. The second-order valence-corrected chi connectivity index (χ2v) is 11.9. The van der Waals surface area contributed by atoms with Crippen molar-refractivity contribution >= 4 is 17.6 Å². The highest BCUT2D eigenvalue weighted by Crippen LogP contribution is 2.58. The molecule has 2 aromatic carbocycles. The van der Waals surface area contributed by atoms with Crippen molar-refractivity contribution in [2.24, 2.45) is 29.4 Å². The van der Waals surface area contributed by atoms with Crippen LogP contribution in [0.5, 0.6) is 0 Å². The number of fused-ring (bicyclic) bond motifs is 5. The molecule has 5 rings (SSSR count). The van der Waals surface area contributed by atoms with Crippen molar-refractivity contribution in [3.8, 4) is 0 Å². The van der Waals surface area contributed by atoms with Gasteiger partial charge < -0.3 is 20.5 Å². The van der Waals surface area contributed by atoms with E-state index >= 15 is 0 Å². The molecular formula is C33H44N2O4. The summed E-state index contributed by atoms with van der Waals surface area (Å²) in [6.45, 7) is 5.19. The number of hydrogen-bond donors (Lipinski definition) is 2. The fourth-order valence-corrected chi connectivity index (χ4v) is 7.24. The first-order valence-corrected chi connectivity index (χ1v) is 15.1. The van der Waals surface area contributed by atoms with Gasteiger partial charge in [0.2, 0.25) is 0 Å². The number of anilines is 1. The van der Waals surface area contributed by atoms with Crippen LogP contribution in [0.2, 0.25) is 0 Å². The van der Waals surface area contributed by atoms with Crippen molar-refractivity contribution in [3.05, 3.63) is 65.2 Å². The number of rotatable bonds is 11. The van der Waals surface area contributed by atoms with Gasteiger partial charge in [-0.05, 0) is 111 Å². The smallest absolute Gasteiger partial charge is 0.338 e. The maximum atomic E-state index is 13.2. The van der Waals surface area contributed by atoms with Crippen molar-refractivity contribution in [3.63, 3.8) is 0 Å². The molecule has 7 atom stereocenters. The molecule has 3 aliphatic rings. The standard InChI is InChI=1S/C33H44N2O4/c1-3-5-17-35-26-15-13-23(14-16-26)33(37)39-31-20-28-25-12-11-24(18-25)27(28)19-30(31)38-32(36)22-9-7-21(8-10-22)29(34)6-4-2/h7-10,13-16,24-25,27-31,35H,3-6,11-12,17-20,34H2,1-2H3. The van der Waals surface area contributed by atoms with E-state index in [1.54, 1.807) is 12.1 Å². The molecular weight excluding hydrogens is 488 g/mol. The molecule has 0 radical (unpaired) electrons. The molecule has 3 saturated carbocycles. The Hall–Kier alpha value is -2.86. The van der Waals surface area contributed by atoms with Crippen LogP contribution in [0, 0.1) is 23.7 Å². The third-order valence-electron chi connectivity index (χ3n) is 9.37. The van der Waals surface area contributed by atoms with Crippen molar-refractivity contribution in [1.82, 2.24) is 0 Å². The highest BCUT2D eigenvalue weighted by molar-refractivity contribution is 5.90. The number of esters is 2. The van der Waals surface area contributed by atoms with Gasteiger partial charge in [-0.15, -0.1) is 0 Å². The first-order valence-electron chi connectivity index (χ1n) is 15.1. The Labute approximate surface area is 233 Å². The Balaban J connectivity index is 1.26. The van der Waals surface area contributed by atoms with Crippen LogP contribution in [0.4, 0.5) is 5.69 Å². The molecule has 0 spiro atoms. The monoisotopic (exact) mass is 532 g/mol. The molecule has 2 bridgehead atoms. The van der Waals surface area contributed by atoms with Crippen LogP contribution in [0.1, 0.15) is 104 Å². The van der Waals surface area contributed by atoms with E-state index in [-0.39, 0.29) is 18.0 Å². The number of nitrogens with one attached hydrogen (secondary N) is 1. The summed E-state index contributed by atoms with van der Waals surface area (Å²) in [7, 11) is 0. The summed E-state index contributed by atoms with van der Waals surface area (Å²) in [4.78, 5) is 26.4. The highest BCUT2D eigenvalue weighted by atomic mass is 16.6. The van der Waals surface area contributed by atoms with Crippen LogP contribution in [0.15, 0.2) is 48.5 Å². The molecule has 3 aliphatic carbocycles. The van der Waals surface area contributed by atoms with Crippen molar-refractivity contribution in [1.29, 1.82) is 0 Å². The second-order valence-electron chi connectivity index (χ2n) is 11.9. The van der Waals surface area contributed by atoms with Crippen LogP contribution < -0.4 is 11.1 Å². The van der Waals surface area contributed by atoms with Gasteiger partial charge in [-0.25, -0.2) is 9.59 Å². The largest absolute Gasteiger partial charge is 0.455 e. The summed E-state index contributed by atoms with van der Waals surface area (Å²) >= 11 is 0. The lowest BCUT2D eigenvalue weighted by Gasteiger charge is -2.42. The zero-order valence-electron chi connectivity index (χ0n) is 23.4. The van der Waals surface area contributed by atoms with E-state index in [9.17, 15) is 9.59 Å². The quantitative estimate of drug-likeness (QED) is 0.241. The molecule has 0 aliphatic heterocycles. The molecule has 0 aromatic heterocycles. The lowest BCUT2D eigenvalue weighted by atomic mass is 9.69. The predicted molar refractivity (Wildman–Crippen MR) is 154 cm³/mol. The Morgan fingerprint density at radius 2 is 1.36 bits per heavy atom. The summed E-state index contributed by atoms with van der Waals surface area (Å²) in [6.07, 6.45) is 8.65. The lowest BCUT2D eigenvalue weighted by molar-refractivity contribution is -0.0822. The Bertz CT molecular complexity index is 1120. The van der Waals surface area contributed by atoms with Gasteiger partial charge in [-0.3, -0.25) is 0 Å². The molecule has 2 aromatic rings. The third kappa shape index (κ3) is 6.32. The van der Waals surface area contributed by atoms with E-state index in [0.717, 1.165) is 56.3 Å². The molecule has 6 heteroatoms. The molecule has 210 valence electrons. The number of benzene rings is 2. The van der Waals surface area contributed by atoms with E-state index in [1.807, 2.05) is 36.4 Å². The SMILES string of the molecule is CCCCNc1ccc(C(=O)OC2CC3C4CCC(C4)C3CC2OC(=O)c2ccc(C(N)CCC)cc2)cc1. The van der Waals surface area contributed by atoms with Crippen LogP contribution in [-0.2, 0) is 9.47 Å². The third-order valence-corrected chi connectivity index (χ3v) is 9.37. The van der Waals surface area contributed by atoms with Crippen molar-refractivity contribution in [2.75, 3.05) is 11.9 Å². The summed E-state index contributed by atoms with van der Waals surface area (Å²) in [5.74, 6) is 1.83. The van der Waals surface area contributed by atoms with Gasteiger partial charge in [0.15, 0.2) is 0 Å². The number of carbonyl (C=O) groups excluding carboxylic acids is 2. The zero-order chi connectivity index (χ0) is 27.4. The number of nitrogens with two attached hydrogens (primary N) is 1. The average Bonchev–Trinajstić information content (AvgIpc) is 3.56.